The molecular formula is C11H18Cl2O4. The van der Waals surface area contributed by atoms with Crippen LogP contribution in [-0.4, -0.2) is 36.9 Å². The zero-order chi connectivity index (χ0) is 12.9. The third-order valence-corrected chi connectivity index (χ3v) is 2.25. The van der Waals surface area contributed by atoms with E-state index >= 15 is 0 Å². The average molecular weight is 285 g/mol. The molecule has 0 aliphatic carbocycles. The number of carbonyl (C=O) groups is 2. The van der Waals surface area contributed by atoms with Gasteiger partial charge in [-0.05, 0) is 12.8 Å². The van der Waals surface area contributed by atoms with Crippen molar-refractivity contribution in [3.05, 3.63) is 0 Å². The van der Waals surface area contributed by atoms with Gasteiger partial charge < -0.3 is 9.47 Å². The number of unbranched alkanes of at least 4 members (excludes halogenated alkanes) is 2. The van der Waals surface area contributed by atoms with E-state index in [0.717, 1.165) is 6.42 Å². The predicted octanol–water partition coefficient (Wildman–Crippen LogP) is 2.50. The van der Waals surface area contributed by atoms with Crippen molar-refractivity contribution in [3.8, 4) is 0 Å². The van der Waals surface area contributed by atoms with Gasteiger partial charge in [0, 0.05) is 12.8 Å². The monoisotopic (exact) mass is 284 g/mol. The Labute approximate surface area is 112 Å². The van der Waals surface area contributed by atoms with Crippen molar-refractivity contribution in [1.82, 2.24) is 0 Å². The summed E-state index contributed by atoms with van der Waals surface area (Å²) in [6, 6.07) is 0. The molecule has 0 unspecified atom stereocenters. The molecule has 4 nitrogen and oxygen atoms in total. The van der Waals surface area contributed by atoms with Crippen LogP contribution >= 0.6 is 23.2 Å². The lowest BCUT2D eigenvalue weighted by Gasteiger charge is -2.03. The number of halogens is 2. The van der Waals surface area contributed by atoms with Crippen molar-refractivity contribution in [2.75, 3.05) is 25.0 Å². The standard InChI is InChI=1S/C11H18Cl2O4/c12-6-8-16-10(14)4-2-1-3-5-11(15)17-9-7-13/h1-9H2. The second-order valence-electron chi connectivity index (χ2n) is 3.38. The summed E-state index contributed by atoms with van der Waals surface area (Å²) in [6.45, 7) is 0.510. The van der Waals surface area contributed by atoms with E-state index < -0.39 is 0 Å². The fraction of sp³-hybridized carbons (Fsp3) is 0.818. The molecule has 0 spiro atoms. The molecule has 0 aliphatic heterocycles. The van der Waals surface area contributed by atoms with E-state index in [4.69, 9.17) is 32.7 Å². The van der Waals surface area contributed by atoms with E-state index in [1.807, 2.05) is 0 Å². The Bertz CT molecular complexity index is 200. The van der Waals surface area contributed by atoms with Crippen LogP contribution < -0.4 is 0 Å². The predicted molar refractivity (Wildman–Crippen MR) is 66.4 cm³/mol. The van der Waals surface area contributed by atoms with Gasteiger partial charge in [-0.1, -0.05) is 6.42 Å². The second kappa shape index (κ2) is 12.0. The van der Waals surface area contributed by atoms with Crippen molar-refractivity contribution in [3.63, 3.8) is 0 Å². The Morgan fingerprint density at radius 3 is 1.53 bits per heavy atom. The highest BCUT2D eigenvalue weighted by atomic mass is 35.5. The van der Waals surface area contributed by atoms with Gasteiger partial charge in [-0.25, -0.2) is 0 Å². The van der Waals surface area contributed by atoms with Crippen molar-refractivity contribution in [1.29, 1.82) is 0 Å². The Morgan fingerprint density at radius 2 is 1.18 bits per heavy atom. The number of hydrogen-bond donors (Lipinski definition) is 0. The molecule has 0 aliphatic rings. The van der Waals surface area contributed by atoms with Gasteiger partial charge in [0.15, 0.2) is 0 Å². The normalized spacial score (nSPS) is 10.0. The summed E-state index contributed by atoms with van der Waals surface area (Å²) in [7, 11) is 0. The van der Waals surface area contributed by atoms with Crippen molar-refractivity contribution >= 4 is 35.1 Å². The average Bonchev–Trinajstić information content (AvgIpc) is 2.33. The molecule has 100 valence electrons. The zero-order valence-electron chi connectivity index (χ0n) is 9.75. The minimum absolute atomic E-state index is 0.240. The first kappa shape index (κ1) is 16.5. The molecule has 0 bridgehead atoms. The fourth-order valence-electron chi connectivity index (χ4n) is 1.16. The lowest BCUT2D eigenvalue weighted by Crippen LogP contribution is -2.07. The summed E-state index contributed by atoms with van der Waals surface area (Å²) in [5.74, 6) is 0.154. The molecule has 0 rings (SSSR count). The first-order chi connectivity index (χ1) is 8.20. The molecule has 0 atom stereocenters. The van der Waals surface area contributed by atoms with Gasteiger partial charge in [0.25, 0.3) is 0 Å². The van der Waals surface area contributed by atoms with E-state index in [-0.39, 0.29) is 25.2 Å². The van der Waals surface area contributed by atoms with Crippen molar-refractivity contribution < 1.29 is 19.1 Å². The molecule has 0 heterocycles. The lowest BCUT2D eigenvalue weighted by molar-refractivity contribution is -0.143. The molecule has 0 amide bonds. The van der Waals surface area contributed by atoms with E-state index in [0.29, 0.717) is 37.4 Å². The molecule has 6 heteroatoms. The number of rotatable bonds is 10. The topological polar surface area (TPSA) is 52.6 Å². The van der Waals surface area contributed by atoms with Crippen LogP contribution in [0.25, 0.3) is 0 Å². The molecule has 0 aromatic rings. The van der Waals surface area contributed by atoms with Gasteiger partial charge in [-0.15, -0.1) is 23.2 Å². The van der Waals surface area contributed by atoms with Crippen LogP contribution in [0.15, 0.2) is 0 Å². The first-order valence-corrected chi connectivity index (χ1v) is 6.70. The Morgan fingerprint density at radius 1 is 0.765 bits per heavy atom. The van der Waals surface area contributed by atoms with Crippen LogP contribution in [0.5, 0.6) is 0 Å². The summed E-state index contributed by atoms with van der Waals surface area (Å²) >= 11 is 10.7. The van der Waals surface area contributed by atoms with E-state index in [1.165, 1.54) is 0 Å². The summed E-state index contributed by atoms with van der Waals surface area (Å²) in [6.07, 6.45) is 2.96. The van der Waals surface area contributed by atoms with E-state index in [1.54, 1.807) is 0 Å². The summed E-state index contributed by atoms with van der Waals surface area (Å²) in [5.41, 5.74) is 0. The van der Waals surface area contributed by atoms with Crippen molar-refractivity contribution in [2.24, 2.45) is 0 Å². The quantitative estimate of drug-likeness (QED) is 0.351. The summed E-state index contributed by atoms with van der Waals surface area (Å²) < 4.78 is 9.59. The molecule has 17 heavy (non-hydrogen) atoms. The minimum Gasteiger partial charge on any atom is -0.464 e. The van der Waals surface area contributed by atoms with Crippen LogP contribution in [0.2, 0.25) is 0 Å². The Kier molecular flexibility index (Phi) is 11.7. The van der Waals surface area contributed by atoms with Crippen LogP contribution in [0.4, 0.5) is 0 Å². The molecule has 0 radical (unpaired) electrons. The highest BCUT2D eigenvalue weighted by Gasteiger charge is 2.04. The second-order valence-corrected chi connectivity index (χ2v) is 4.14. The highest BCUT2D eigenvalue weighted by Crippen LogP contribution is 2.05. The largest absolute Gasteiger partial charge is 0.464 e. The molecule has 0 saturated carbocycles. The van der Waals surface area contributed by atoms with Crippen LogP contribution in [0.3, 0.4) is 0 Å². The third-order valence-electron chi connectivity index (χ3n) is 1.94. The Hall–Kier alpha value is -0.480. The maximum atomic E-state index is 11.1. The maximum absolute atomic E-state index is 11.1. The van der Waals surface area contributed by atoms with Crippen LogP contribution in [0.1, 0.15) is 32.1 Å². The smallest absolute Gasteiger partial charge is 0.305 e. The molecule has 0 fully saturated rings. The highest BCUT2D eigenvalue weighted by molar-refractivity contribution is 6.18. The number of carbonyl (C=O) groups excluding carboxylic acids is 2. The molecule has 0 aromatic heterocycles. The van der Waals surface area contributed by atoms with Gasteiger partial charge in [-0.2, -0.15) is 0 Å². The summed E-state index contributed by atoms with van der Waals surface area (Å²) in [5, 5.41) is 0. The molecule has 0 saturated heterocycles. The van der Waals surface area contributed by atoms with Crippen LogP contribution in [0, 0.1) is 0 Å². The lowest BCUT2D eigenvalue weighted by atomic mass is 10.1. The number of hydrogen-bond acceptors (Lipinski definition) is 4. The first-order valence-electron chi connectivity index (χ1n) is 5.64. The molecule has 0 aromatic carbocycles. The van der Waals surface area contributed by atoms with E-state index in [2.05, 4.69) is 0 Å². The number of alkyl halides is 2. The van der Waals surface area contributed by atoms with Gasteiger partial charge in [0.2, 0.25) is 0 Å². The number of esters is 2. The molecule has 0 N–H and O–H groups in total. The van der Waals surface area contributed by atoms with Gasteiger partial charge in [0.1, 0.15) is 13.2 Å². The van der Waals surface area contributed by atoms with E-state index in [9.17, 15) is 9.59 Å². The fourth-order valence-corrected chi connectivity index (χ4v) is 1.32. The maximum Gasteiger partial charge on any atom is 0.305 e. The zero-order valence-corrected chi connectivity index (χ0v) is 11.3. The van der Waals surface area contributed by atoms with Crippen LogP contribution in [-0.2, 0) is 19.1 Å². The van der Waals surface area contributed by atoms with Gasteiger partial charge >= 0.3 is 11.9 Å². The molecular weight excluding hydrogens is 267 g/mol. The van der Waals surface area contributed by atoms with Gasteiger partial charge in [-0.3, -0.25) is 9.59 Å². The number of ether oxygens (including phenoxy) is 2. The van der Waals surface area contributed by atoms with Gasteiger partial charge in [0.05, 0.1) is 11.8 Å². The van der Waals surface area contributed by atoms with Crippen molar-refractivity contribution in [2.45, 2.75) is 32.1 Å². The minimum atomic E-state index is -0.240. The SMILES string of the molecule is O=C(CCCCCC(=O)OCCCl)OCCCl. The Balaban J connectivity index is 3.28. The third kappa shape index (κ3) is 11.8. The summed E-state index contributed by atoms with van der Waals surface area (Å²) in [4.78, 5) is 22.1.